The zero-order valence-corrected chi connectivity index (χ0v) is 54.9. The Hall–Kier alpha value is -0.510. The number of carbonyl (C=O) groups is 2. The molecule has 1 atom stereocenters. The van der Waals surface area contributed by atoms with Crippen molar-refractivity contribution in [2.45, 2.75) is 336 Å². The van der Waals surface area contributed by atoms with E-state index in [9.17, 15) is 9.59 Å². The third-order valence-electron chi connectivity index (χ3n) is 15.0. The van der Waals surface area contributed by atoms with E-state index in [1.54, 1.807) is 0 Å². The fourth-order valence-corrected chi connectivity index (χ4v) is 13.9. The summed E-state index contributed by atoms with van der Waals surface area (Å²) in [4.78, 5) is 33.1. The van der Waals surface area contributed by atoms with Crippen molar-refractivity contribution in [2.75, 3.05) is 26.3 Å². The number of ether oxygens (including phenoxy) is 3. The topological polar surface area (TPSA) is 68.3 Å². The van der Waals surface area contributed by atoms with Gasteiger partial charge in [0.15, 0.2) is 10.9 Å². The molecular weight excluding hydrogens is 897 g/mol. The Morgan fingerprint density at radius 2 is 0.887 bits per heavy atom. The molecule has 0 N–H and O–H groups in total. The lowest BCUT2D eigenvalue weighted by atomic mass is 9.58. The largest absolute Gasteiger partial charge is 0.376 e. The molecule has 0 rings (SSSR count). The first-order chi connectivity index (χ1) is 30.8. The highest BCUT2D eigenvalue weighted by molar-refractivity contribution is 8.14. The van der Waals surface area contributed by atoms with E-state index in [4.69, 9.17) is 14.2 Å². The van der Waals surface area contributed by atoms with Crippen molar-refractivity contribution in [1.29, 1.82) is 0 Å². The molecule has 1 unspecified atom stereocenters. The van der Waals surface area contributed by atoms with Crippen LogP contribution in [0, 0.1) is 32.5 Å². The molecule has 0 amide bonds. The van der Waals surface area contributed by atoms with Gasteiger partial charge in [0.25, 0.3) is 0 Å². The fraction of sp³-hybridized carbons (Fsp3) is 0.968. The molecule has 0 spiro atoms. The van der Waals surface area contributed by atoms with E-state index in [2.05, 4.69) is 211 Å². The number of hydrogen-bond acceptors (Lipinski definition) is 8. The maximum atomic E-state index is 14.2. The maximum absolute atomic E-state index is 14.2. The predicted molar refractivity (Wildman–Crippen MR) is 313 cm³/mol. The van der Waals surface area contributed by atoms with Crippen LogP contribution in [0.5, 0.6) is 0 Å². The smallest absolute Gasteiger partial charge is 0.189 e. The molecule has 0 aromatic heterocycles. The van der Waals surface area contributed by atoms with E-state index in [1.807, 2.05) is 27.7 Å². The van der Waals surface area contributed by atoms with Crippen LogP contribution in [0.25, 0.3) is 0 Å². The van der Waals surface area contributed by atoms with E-state index in [0.29, 0.717) is 26.1 Å². The van der Waals surface area contributed by atoms with Gasteiger partial charge >= 0.3 is 0 Å². The van der Waals surface area contributed by atoms with Gasteiger partial charge in [-0.2, -0.15) is 0 Å². The molecule has 0 saturated carbocycles. The second kappa shape index (κ2) is 24.4. The van der Waals surface area contributed by atoms with Crippen LogP contribution < -0.4 is 0 Å². The molecule has 424 valence electrons. The number of thioether (sulfide) groups is 1. The first kappa shape index (κ1) is 70.5. The van der Waals surface area contributed by atoms with Crippen LogP contribution in [0.15, 0.2) is 0 Å². The van der Waals surface area contributed by atoms with Crippen LogP contribution >= 0.6 is 11.8 Å². The van der Waals surface area contributed by atoms with Gasteiger partial charge in [-0.25, -0.2) is 0 Å². The minimum Gasteiger partial charge on any atom is -0.376 e. The van der Waals surface area contributed by atoms with Crippen molar-refractivity contribution < 1.29 is 23.8 Å². The van der Waals surface area contributed by atoms with Gasteiger partial charge in [-0.15, -0.1) is 0 Å². The number of rotatable bonds is 28. The van der Waals surface area contributed by atoms with Crippen molar-refractivity contribution in [1.82, 2.24) is 9.80 Å². The summed E-state index contributed by atoms with van der Waals surface area (Å²) in [6.07, 6.45) is 7.65. The zero-order valence-electron chi connectivity index (χ0n) is 54.1. The van der Waals surface area contributed by atoms with Gasteiger partial charge in [-0.05, 0) is 203 Å². The van der Waals surface area contributed by atoms with Crippen molar-refractivity contribution >= 4 is 22.7 Å². The minimum atomic E-state index is -1.00. The van der Waals surface area contributed by atoms with Crippen LogP contribution in [0.2, 0.25) is 0 Å². The van der Waals surface area contributed by atoms with Gasteiger partial charge < -0.3 is 14.2 Å². The third kappa shape index (κ3) is 25.9. The van der Waals surface area contributed by atoms with Gasteiger partial charge in [0.05, 0.1) is 17.3 Å². The van der Waals surface area contributed by atoms with Crippen LogP contribution in [-0.2, 0) is 23.8 Å². The Kier molecular flexibility index (Phi) is 24.3. The summed E-state index contributed by atoms with van der Waals surface area (Å²) in [6.45, 7) is 77.7. The Morgan fingerprint density at radius 1 is 0.493 bits per heavy atom. The molecule has 0 aliphatic carbocycles. The van der Waals surface area contributed by atoms with E-state index in [-0.39, 0.29) is 76.6 Å². The van der Waals surface area contributed by atoms with Crippen LogP contribution in [0.4, 0.5) is 0 Å². The fourth-order valence-electron chi connectivity index (χ4n) is 12.9. The molecule has 0 heterocycles. The lowest BCUT2D eigenvalue weighted by Crippen LogP contribution is -2.60. The molecule has 0 saturated heterocycles. The normalized spacial score (nSPS) is 15.8. The van der Waals surface area contributed by atoms with Crippen LogP contribution in [0.3, 0.4) is 0 Å². The third-order valence-corrected chi connectivity index (χ3v) is 16.2. The number of Topliss-reactive ketones (excluding diaryl/α,β-unsaturated/α-hetero) is 1. The quantitative estimate of drug-likeness (QED) is 0.0768. The van der Waals surface area contributed by atoms with Gasteiger partial charge in [0.1, 0.15) is 5.60 Å². The summed E-state index contributed by atoms with van der Waals surface area (Å²) >= 11 is 1.40. The van der Waals surface area contributed by atoms with Gasteiger partial charge in [-0.3, -0.25) is 19.4 Å². The van der Waals surface area contributed by atoms with Crippen LogP contribution in [-0.4, -0.2) is 96.8 Å². The molecule has 0 bridgehead atoms. The highest BCUT2D eigenvalue weighted by Crippen LogP contribution is 2.53. The standard InChI is InChI=1S/C63H126N2O5S/c1-47(42-58(24,25)65(55(17,18)19)39-38-64(53(11,12)13)54(14,15)16)70-62(32,33)57(22,23)36-40-69-61(30,31)49(67)56(20,21)35-34-48(66)71-60(28,29)37-41-68-59(26,27)46-63(43-50(2,3)4,44-51(5,6)7)45-52(8,9)10/h47H,34-46H2,1-33H3. The monoisotopic (exact) mass is 1020 g/mol. The summed E-state index contributed by atoms with van der Waals surface area (Å²) in [6, 6.07) is 0. The van der Waals surface area contributed by atoms with E-state index >= 15 is 0 Å². The molecule has 7 nitrogen and oxygen atoms in total. The SMILES string of the molecule is CC(CC(C)(C)N(CCN(C(C)(C)C)C(C)(C)C)C(C)(C)C)OC(C)(C)C(C)(C)CCOC(C)(C)C(=O)C(C)(C)CCC(=O)SC(C)(C)CCOC(C)(C)CC(CC(C)(C)C)(CC(C)(C)C)CC(C)(C)C. The Balaban J connectivity index is 5.64. The van der Waals surface area contributed by atoms with Crippen molar-refractivity contribution in [3.8, 4) is 0 Å². The predicted octanol–water partition coefficient (Wildman–Crippen LogP) is 17.8. The number of ketones is 1. The lowest BCUT2D eigenvalue weighted by molar-refractivity contribution is -0.162. The first-order valence-electron chi connectivity index (χ1n) is 28.1. The van der Waals surface area contributed by atoms with Crippen molar-refractivity contribution in [3.05, 3.63) is 0 Å². The molecular formula is C63H126N2O5S. The summed E-state index contributed by atoms with van der Waals surface area (Å²) in [7, 11) is 0. The highest BCUT2D eigenvalue weighted by Gasteiger charge is 2.47. The van der Waals surface area contributed by atoms with Gasteiger partial charge in [-0.1, -0.05) is 116 Å². The van der Waals surface area contributed by atoms with E-state index < -0.39 is 16.6 Å². The minimum absolute atomic E-state index is 0.0168. The van der Waals surface area contributed by atoms with Crippen molar-refractivity contribution in [3.63, 3.8) is 0 Å². The second-order valence-electron chi connectivity index (χ2n) is 33.5. The Bertz CT molecular complexity index is 1590. The molecule has 0 aromatic rings. The molecule has 0 aromatic carbocycles. The molecule has 0 radical (unpaired) electrons. The average Bonchev–Trinajstić information content (AvgIpc) is 3.02. The number of hydrogen-bond donors (Lipinski definition) is 0. The maximum Gasteiger partial charge on any atom is 0.189 e. The molecule has 0 fully saturated rings. The van der Waals surface area contributed by atoms with Gasteiger partial charge in [0, 0.05) is 65.0 Å². The lowest BCUT2D eigenvalue weighted by Gasteiger charge is -2.52. The molecule has 71 heavy (non-hydrogen) atoms. The number of nitrogens with zero attached hydrogens (tertiary/aromatic N) is 2. The van der Waals surface area contributed by atoms with E-state index in [0.717, 1.165) is 58.0 Å². The molecule has 8 heteroatoms. The Labute approximate surface area is 449 Å². The van der Waals surface area contributed by atoms with Gasteiger partial charge in [0.2, 0.25) is 0 Å². The zero-order chi connectivity index (χ0) is 56.9. The summed E-state index contributed by atoms with van der Waals surface area (Å²) < 4.78 is 20.0. The van der Waals surface area contributed by atoms with E-state index in [1.165, 1.54) is 11.8 Å². The van der Waals surface area contributed by atoms with Crippen LogP contribution in [0.1, 0.15) is 286 Å². The number of carbonyl (C=O) groups excluding carboxylic acids is 2. The first-order valence-corrected chi connectivity index (χ1v) is 28.9. The van der Waals surface area contributed by atoms with Crippen molar-refractivity contribution in [2.24, 2.45) is 32.5 Å². The summed E-state index contributed by atoms with van der Waals surface area (Å²) in [5.74, 6) is 0.0267. The Morgan fingerprint density at radius 3 is 1.28 bits per heavy atom. The molecule has 0 aliphatic rings. The second-order valence-corrected chi connectivity index (χ2v) is 35.2. The average molecular weight is 1020 g/mol. The summed E-state index contributed by atoms with van der Waals surface area (Å²) in [5.41, 5.74) is -1.99. The summed E-state index contributed by atoms with van der Waals surface area (Å²) in [5, 5.41) is 0.119. The molecule has 0 aliphatic heterocycles. The highest BCUT2D eigenvalue weighted by atomic mass is 32.2.